The highest BCUT2D eigenvalue weighted by atomic mass is 35.5. The van der Waals surface area contributed by atoms with Crippen LogP contribution in [0.1, 0.15) is 11.4 Å². The molecule has 0 N–H and O–H groups in total. The Bertz CT molecular complexity index is 879. The fourth-order valence-corrected chi connectivity index (χ4v) is 3.44. The first-order valence-electron chi connectivity index (χ1n) is 8.36. The molecule has 0 saturated carbocycles. The first-order chi connectivity index (χ1) is 13.2. The van der Waals surface area contributed by atoms with E-state index >= 15 is 0 Å². The lowest BCUT2D eigenvalue weighted by Crippen LogP contribution is -2.07. The van der Waals surface area contributed by atoms with E-state index in [1.165, 1.54) is 5.56 Å². The van der Waals surface area contributed by atoms with E-state index in [4.69, 9.17) is 21.1 Å². The second-order valence-electron chi connectivity index (χ2n) is 5.68. The van der Waals surface area contributed by atoms with Crippen molar-refractivity contribution in [2.24, 2.45) is 0 Å². The van der Waals surface area contributed by atoms with Crippen LogP contribution in [0.4, 0.5) is 0 Å². The van der Waals surface area contributed by atoms with E-state index in [1.807, 2.05) is 59.2 Å². The molecule has 0 saturated heterocycles. The summed E-state index contributed by atoms with van der Waals surface area (Å²) in [7, 11) is 1.64. The van der Waals surface area contributed by atoms with Crippen LogP contribution in [0, 0.1) is 0 Å². The Kier molecular flexibility index (Phi) is 6.79. The molecule has 0 aliphatic heterocycles. The van der Waals surface area contributed by atoms with E-state index < -0.39 is 0 Å². The van der Waals surface area contributed by atoms with Crippen molar-refractivity contribution in [2.45, 2.75) is 24.1 Å². The van der Waals surface area contributed by atoms with Gasteiger partial charge in [-0.3, -0.25) is 4.57 Å². The van der Waals surface area contributed by atoms with E-state index in [0.717, 1.165) is 33.3 Å². The van der Waals surface area contributed by atoms with Gasteiger partial charge in [0.1, 0.15) is 18.1 Å². The fourth-order valence-electron chi connectivity index (χ4n) is 2.39. The molecule has 5 nitrogen and oxygen atoms in total. The van der Waals surface area contributed by atoms with Gasteiger partial charge in [-0.05, 0) is 42.0 Å². The monoisotopic (exact) mass is 401 g/mol. The molecule has 1 aromatic heterocycles. The number of allylic oxidation sites excluding steroid dienone is 1. The molecule has 0 amide bonds. The Labute approximate surface area is 168 Å². The average molecular weight is 402 g/mol. The number of benzene rings is 2. The SMILES string of the molecule is C=CCn1c(COc2ccc(OC)cc2)nnc1SCc1ccc(Cl)cc1. The summed E-state index contributed by atoms with van der Waals surface area (Å²) in [6.45, 7) is 4.78. The van der Waals surface area contributed by atoms with Gasteiger partial charge in [0, 0.05) is 17.3 Å². The molecular weight excluding hydrogens is 382 g/mol. The number of aromatic nitrogens is 3. The van der Waals surface area contributed by atoms with Gasteiger partial charge in [-0.1, -0.05) is 41.6 Å². The number of methoxy groups -OCH3 is 1. The lowest BCUT2D eigenvalue weighted by atomic mass is 10.2. The molecule has 0 unspecified atom stereocenters. The largest absolute Gasteiger partial charge is 0.497 e. The number of rotatable bonds is 9. The summed E-state index contributed by atoms with van der Waals surface area (Å²) in [5.41, 5.74) is 1.17. The number of ether oxygens (including phenoxy) is 2. The predicted molar refractivity (Wildman–Crippen MR) is 109 cm³/mol. The van der Waals surface area contributed by atoms with Crippen molar-refractivity contribution in [3.05, 3.63) is 77.6 Å². The summed E-state index contributed by atoms with van der Waals surface area (Å²) >= 11 is 7.56. The van der Waals surface area contributed by atoms with Crippen molar-refractivity contribution in [1.29, 1.82) is 0 Å². The van der Waals surface area contributed by atoms with Crippen molar-refractivity contribution in [2.75, 3.05) is 7.11 Å². The van der Waals surface area contributed by atoms with Gasteiger partial charge in [-0.15, -0.1) is 16.8 Å². The van der Waals surface area contributed by atoms with Crippen LogP contribution >= 0.6 is 23.4 Å². The predicted octanol–water partition coefficient (Wildman–Crippen LogP) is 5.00. The molecule has 27 heavy (non-hydrogen) atoms. The van der Waals surface area contributed by atoms with Gasteiger partial charge in [0.15, 0.2) is 11.0 Å². The van der Waals surface area contributed by atoms with Crippen molar-refractivity contribution < 1.29 is 9.47 Å². The van der Waals surface area contributed by atoms with Gasteiger partial charge in [-0.2, -0.15) is 0 Å². The number of halogens is 1. The molecule has 0 aliphatic carbocycles. The maximum absolute atomic E-state index is 5.94. The molecule has 0 atom stereocenters. The number of hydrogen-bond acceptors (Lipinski definition) is 5. The Balaban J connectivity index is 1.66. The van der Waals surface area contributed by atoms with Crippen LogP contribution in [0.15, 0.2) is 66.3 Å². The molecule has 0 aliphatic rings. The average Bonchev–Trinajstić information content (AvgIpc) is 3.08. The van der Waals surface area contributed by atoms with Crippen LogP contribution in [-0.4, -0.2) is 21.9 Å². The van der Waals surface area contributed by atoms with Gasteiger partial charge in [0.05, 0.1) is 7.11 Å². The van der Waals surface area contributed by atoms with Crippen molar-refractivity contribution in [3.63, 3.8) is 0 Å². The Morgan fingerprint density at radius 2 is 1.78 bits per heavy atom. The Hall–Kier alpha value is -2.44. The molecule has 0 spiro atoms. The zero-order valence-corrected chi connectivity index (χ0v) is 16.5. The number of hydrogen-bond donors (Lipinski definition) is 0. The summed E-state index contributed by atoms with van der Waals surface area (Å²) in [5, 5.41) is 10.2. The third kappa shape index (κ3) is 5.28. The number of nitrogens with zero attached hydrogens (tertiary/aromatic N) is 3. The van der Waals surface area contributed by atoms with E-state index in [1.54, 1.807) is 18.9 Å². The highest BCUT2D eigenvalue weighted by Gasteiger charge is 2.12. The van der Waals surface area contributed by atoms with Crippen molar-refractivity contribution in [3.8, 4) is 11.5 Å². The molecular formula is C20H20ClN3O2S. The van der Waals surface area contributed by atoms with Gasteiger partial charge < -0.3 is 9.47 Å². The maximum atomic E-state index is 5.94. The summed E-state index contributed by atoms with van der Waals surface area (Å²) in [5.74, 6) is 3.08. The second-order valence-corrected chi connectivity index (χ2v) is 7.06. The van der Waals surface area contributed by atoms with Gasteiger partial charge in [-0.25, -0.2) is 0 Å². The van der Waals surface area contributed by atoms with Crippen LogP contribution in [0.3, 0.4) is 0 Å². The smallest absolute Gasteiger partial charge is 0.191 e. The first-order valence-corrected chi connectivity index (χ1v) is 9.73. The van der Waals surface area contributed by atoms with E-state index in [9.17, 15) is 0 Å². The fraction of sp³-hybridized carbons (Fsp3) is 0.200. The van der Waals surface area contributed by atoms with E-state index in [0.29, 0.717) is 13.2 Å². The lowest BCUT2D eigenvalue weighted by Gasteiger charge is -2.09. The summed E-state index contributed by atoms with van der Waals surface area (Å²) in [6.07, 6.45) is 1.83. The minimum atomic E-state index is 0.328. The minimum absolute atomic E-state index is 0.328. The minimum Gasteiger partial charge on any atom is -0.497 e. The van der Waals surface area contributed by atoms with Crippen LogP contribution in [-0.2, 0) is 18.9 Å². The number of thioether (sulfide) groups is 1. The van der Waals surface area contributed by atoms with Gasteiger partial charge >= 0.3 is 0 Å². The molecule has 0 radical (unpaired) electrons. The molecule has 7 heteroatoms. The quantitative estimate of drug-likeness (QED) is 0.373. The molecule has 3 aromatic rings. The van der Waals surface area contributed by atoms with E-state index in [-0.39, 0.29) is 0 Å². The summed E-state index contributed by atoms with van der Waals surface area (Å²) in [6, 6.07) is 15.2. The molecule has 0 bridgehead atoms. The Morgan fingerprint density at radius 3 is 2.44 bits per heavy atom. The lowest BCUT2D eigenvalue weighted by molar-refractivity contribution is 0.288. The molecule has 0 fully saturated rings. The first kappa shape index (κ1) is 19.3. The van der Waals surface area contributed by atoms with Crippen molar-refractivity contribution in [1.82, 2.24) is 14.8 Å². The van der Waals surface area contributed by atoms with E-state index in [2.05, 4.69) is 16.8 Å². The molecule has 2 aromatic carbocycles. The van der Waals surface area contributed by atoms with Gasteiger partial charge in [0.25, 0.3) is 0 Å². The maximum Gasteiger partial charge on any atom is 0.191 e. The van der Waals surface area contributed by atoms with Crippen molar-refractivity contribution >= 4 is 23.4 Å². The van der Waals surface area contributed by atoms with Crippen LogP contribution in [0.5, 0.6) is 11.5 Å². The zero-order chi connectivity index (χ0) is 19.1. The van der Waals surface area contributed by atoms with Crippen LogP contribution in [0.25, 0.3) is 0 Å². The summed E-state index contributed by atoms with van der Waals surface area (Å²) < 4.78 is 13.0. The standard InChI is InChI=1S/C20H20ClN3O2S/c1-3-12-24-19(13-26-18-10-8-17(25-2)9-11-18)22-23-20(24)27-14-15-4-6-16(21)7-5-15/h3-11H,1,12-14H2,2H3. The molecule has 3 rings (SSSR count). The summed E-state index contributed by atoms with van der Waals surface area (Å²) in [4.78, 5) is 0. The highest BCUT2D eigenvalue weighted by molar-refractivity contribution is 7.98. The third-order valence-corrected chi connectivity index (χ3v) is 5.10. The normalized spacial score (nSPS) is 10.6. The Morgan fingerprint density at radius 1 is 1.07 bits per heavy atom. The topological polar surface area (TPSA) is 49.2 Å². The second kappa shape index (κ2) is 9.48. The molecule has 140 valence electrons. The van der Waals surface area contributed by atoms with Crippen LogP contribution < -0.4 is 9.47 Å². The van der Waals surface area contributed by atoms with Gasteiger partial charge in [0.2, 0.25) is 0 Å². The zero-order valence-electron chi connectivity index (χ0n) is 15.0. The highest BCUT2D eigenvalue weighted by Crippen LogP contribution is 2.24. The molecule has 1 heterocycles. The third-order valence-electron chi connectivity index (χ3n) is 3.81. The van der Waals surface area contributed by atoms with Crippen LogP contribution in [0.2, 0.25) is 5.02 Å².